The van der Waals surface area contributed by atoms with E-state index in [1.807, 2.05) is 0 Å². The molecule has 0 saturated heterocycles. The Morgan fingerprint density at radius 2 is 1.83 bits per heavy atom. The second-order valence-electron chi connectivity index (χ2n) is 5.65. The van der Waals surface area contributed by atoms with E-state index in [4.69, 9.17) is 26.8 Å². The van der Waals surface area contributed by atoms with E-state index in [1.165, 1.54) is 26.4 Å². The molecule has 0 bridgehead atoms. The van der Waals surface area contributed by atoms with Gasteiger partial charge in [0, 0.05) is 24.7 Å². The number of hydrogen-bond donors (Lipinski definition) is 2. The minimum atomic E-state index is -3.79. The van der Waals surface area contributed by atoms with Gasteiger partial charge in [-0.05, 0) is 18.8 Å². The molecule has 6 nitrogen and oxygen atoms in total. The summed E-state index contributed by atoms with van der Waals surface area (Å²) in [5.41, 5.74) is 5.77. The van der Waals surface area contributed by atoms with Crippen LogP contribution in [-0.4, -0.2) is 35.2 Å². The fraction of sp³-hybridized carbons (Fsp3) is 0.600. The predicted molar refractivity (Wildman–Crippen MR) is 89.7 cm³/mol. The van der Waals surface area contributed by atoms with Crippen LogP contribution in [0.3, 0.4) is 0 Å². The Hall–Kier alpha value is -1.02. The van der Waals surface area contributed by atoms with Gasteiger partial charge in [-0.3, -0.25) is 0 Å². The first kappa shape index (κ1) is 18.3. The molecule has 1 saturated carbocycles. The van der Waals surface area contributed by atoms with Gasteiger partial charge in [0.2, 0.25) is 10.0 Å². The van der Waals surface area contributed by atoms with Gasteiger partial charge in [-0.15, -0.1) is 0 Å². The molecule has 1 aromatic rings. The van der Waals surface area contributed by atoms with Crippen molar-refractivity contribution in [3.8, 4) is 11.5 Å². The van der Waals surface area contributed by atoms with Crippen LogP contribution in [0.15, 0.2) is 17.0 Å². The molecule has 0 amide bonds. The lowest BCUT2D eigenvalue weighted by molar-refractivity contribution is 0.353. The van der Waals surface area contributed by atoms with E-state index in [1.54, 1.807) is 0 Å². The third kappa shape index (κ3) is 4.09. The van der Waals surface area contributed by atoms with Crippen molar-refractivity contribution in [3.63, 3.8) is 0 Å². The molecule has 0 heterocycles. The minimum Gasteiger partial charge on any atom is -0.493 e. The number of nitrogens with two attached hydrogens (primary N) is 1. The lowest BCUT2D eigenvalue weighted by Crippen LogP contribution is -2.44. The Labute approximate surface area is 142 Å². The van der Waals surface area contributed by atoms with Gasteiger partial charge in [0.05, 0.1) is 19.2 Å². The van der Waals surface area contributed by atoms with Crippen LogP contribution < -0.4 is 19.9 Å². The normalized spacial score (nSPS) is 17.2. The fourth-order valence-corrected chi connectivity index (χ4v) is 4.85. The molecule has 2 rings (SSSR count). The van der Waals surface area contributed by atoms with Crippen molar-refractivity contribution < 1.29 is 17.9 Å². The zero-order valence-corrected chi connectivity index (χ0v) is 14.9. The highest BCUT2D eigenvalue weighted by Crippen LogP contribution is 2.36. The molecule has 1 unspecified atom stereocenters. The lowest BCUT2D eigenvalue weighted by Gasteiger charge is -2.23. The molecule has 1 atom stereocenters. The second-order valence-corrected chi connectivity index (χ2v) is 7.74. The van der Waals surface area contributed by atoms with Crippen LogP contribution in [0.25, 0.3) is 0 Å². The number of nitrogens with one attached hydrogen (secondary N) is 1. The highest BCUT2D eigenvalue weighted by molar-refractivity contribution is 7.89. The number of rotatable bonds is 7. The molecule has 0 aromatic heterocycles. The summed E-state index contributed by atoms with van der Waals surface area (Å²) in [6.45, 7) is 0.259. The SMILES string of the molecule is COc1cc(Cl)c(S(=O)(=O)NC(CN)C2CCCC2)cc1OC. The highest BCUT2D eigenvalue weighted by Gasteiger charge is 2.30. The third-order valence-electron chi connectivity index (χ3n) is 4.26. The van der Waals surface area contributed by atoms with Gasteiger partial charge in [0.15, 0.2) is 11.5 Å². The first-order valence-corrected chi connectivity index (χ1v) is 9.43. The quantitative estimate of drug-likeness (QED) is 0.775. The molecular weight excluding hydrogens is 340 g/mol. The molecule has 1 aromatic carbocycles. The maximum Gasteiger partial charge on any atom is 0.242 e. The molecule has 0 aliphatic heterocycles. The molecule has 0 spiro atoms. The third-order valence-corrected chi connectivity index (χ3v) is 6.21. The second kappa shape index (κ2) is 7.70. The minimum absolute atomic E-state index is 0.0340. The van der Waals surface area contributed by atoms with Gasteiger partial charge in [0.1, 0.15) is 4.90 Å². The average Bonchev–Trinajstić information content (AvgIpc) is 3.06. The van der Waals surface area contributed by atoms with Crippen LogP contribution in [0.5, 0.6) is 11.5 Å². The number of halogens is 1. The summed E-state index contributed by atoms with van der Waals surface area (Å²) in [7, 11) is -0.890. The largest absolute Gasteiger partial charge is 0.493 e. The van der Waals surface area contributed by atoms with E-state index >= 15 is 0 Å². The van der Waals surface area contributed by atoms with E-state index < -0.39 is 10.0 Å². The monoisotopic (exact) mass is 362 g/mol. The van der Waals surface area contributed by atoms with Crippen molar-refractivity contribution in [3.05, 3.63) is 17.2 Å². The predicted octanol–water partition coefficient (Wildman–Crippen LogP) is 2.15. The summed E-state index contributed by atoms with van der Waals surface area (Å²) < 4.78 is 38.4. The van der Waals surface area contributed by atoms with Crippen LogP contribution >= 0.6 is 11.6 Å². The first-order chi connectivity index (χ1) is 10.9. The summed E-state index contributed by atoms with van der Waals surface area (Å²) >= 11 is 6.12. The maximum absolute atomic E-state index is 12.7. The zero-order valence-electron chi connectivity index (χ0n) is 13.3. The molecule has 1 aliphatic carbocycles. The Kier molecular flexibility index (Phi) is 6.13. The molecule has 1 fully saturated rings. The van der Waals surface area contributed by atoms with E-state index in [-0.39, 0.29) is 28.4 Å². The van der Waals surface area contributed by atoms with Crippen molar-refractivity contribution in [2.24, 2.45) is 11.7 Å². The summed E-state index contributed by atoms with van der Waals surface area (Å²) in [6.07, 6.45) is 4.20. The molecular formula is C15H23ClN2O4S. The molecule has 1 aliphatic rings. The maximum atomic E-state index is 12.7. The average molecular weight is 363 g/mol. The van der Waals surface area contributed by atoms with Gasteiger partial charge in [0.25, 0.3) is 0 Å². The summed E-state index contributed by atoms with van der Waals surface area (Å²) in [5, 5.41) is 0.0809. The number of benzene rings is 1. The Balaban J connectivity index is 2.31. The van der Waals surface area contributed by atoms with Gasteiger partial charge >= 0.3 is 0 Å². The highest BCUT2D eigenvalue weighted by atomic mass is 35.5. The summed E-state index contributed by atoms with van der Waals surface area (Å²) in [6, 6.07) is 2.51. The molecule has 23 heavy (non-hydrogen) atoms. The number of sulfonamides is 1. The standard InChI is InChI=1S/C15H23ClN2O4S/c1-21-13-7-11(16)15(8-14(13)22-2)23(19,20)18-12(9-17)10-5-3-4-6-10/h7-8,10,12,18H,3-6,9,17H2,1-2H3. The van der Waals surface area contributed by atoms with Crippen molar-refractivity contribution in [1.29, 1.82) is 0 Å². The van der Waals surface area contributed by atoms with Crippen LogP contribution in [0.4, 0.5) is 0 Å². The van der Waals surface area contributed by atoms with E-state index in [0.29, 0.717) is 11.5 Å². The first-order valence-electron chi connectivity index (χ1n) is 7.57. The summed E-state index contributed by atoms with van der Waals surface area (Å²) in [4.78, 5) is -0.0340. The number of hydrogen-bond acceptors (Lipinski definition) is 5. The number of methoxy groups -OCH3 is 2. The van der Waals surface area contributed by atoms with E-state index in [9.17, 15) is 8.42 Å². The van der Waals surface area contributed by atoms with Crippen molar-refractivity contribution >= 4 is 21.6 Å². The molecule has 130 valence electrons. The van der Waals surface area contributed by atoms with Crippen molar-refractivity contribution in [1.82, 2.24) is 4.72 Å². The molecule has 3 N–H and O–H groups in total. The zero-order chi connectivity index (χ0) is 17.0. The van der Waals surface area contributed by atoms with Crippen LogP contribution in [0.2, 0.25) is 5.02 Å². The van der Waals surface area contributed by atoms with E-state index in [0.717, 1.165) is 25.7 Å². The molecule has 8 heteroatoms. The van der Waals surface area contributed by atoms with Gasteiger partial charge < -0.3 is 15.2 Å². The summed E-state index contributed by atoms with van der Waals surface area (Å²) in [5.74, 6) is 0.957. The molecule has 0 radical (unpaired) electrons. The van der Waals surface area contributed by atoms with Crippen LogP contribution in [0.1, 0.15) is 25.7 Å². The van der Waals surface area contributed by atoms with Gasteiger partial charge in [-0.2, -0.15) is 0 Å². The van der Waals surface area contributed by atoms with Gasteiger partial charge in [-0.1, -0.05) is 24.4 Å². The van der Waals surface area contributed by atoms with Crippen LogP contribution in [-0.2, 0) is 10.0 Å². The van der Waals surface area contributed by atoms with E-state index in [2.05, 4.69) is 4.72 Å². The fourth-order valence-electron chi connectivity index (χ4n) is 3.00. The van der Waals surface area contributed by atoms with Gasteiger partial charge in [-0.25, -0.2) is 13.1 Å². The smallest absolute Gasteiger partial charge is 0.242 e. The van der Waals surface area contributed by atoms with Crippen molar-refractivity contribution in [2.75, 3.05) is 20.8 Å². The number of ether oxygens (including phenoxy) is 2. The Bertz CT molecular complexity index is 645. The lowest BCUT2D eigenvalue weighted by atomic mass is 9.99. The Morgan fingerprint density at radius 3 is 2.35 bits per heavy atom. The Morgan fingerprint density at radius 1 is 1.26 bits per heavy atom. The topological polar surface area (TPSA) is 90.7 Å². The van der Waals surface area contributed by atoms with Crippen molar-refractivity contribution in [2.45, 2.75) is 36.6 Å². The van der Waals surface area contributed by atoms with Crippen LogP contribution in [0, 0.1) is 5.92 Å².